The number of carbonyl (C=O) groups excluding carboxylic acids is 1. The summed E-state index contributed by atoms with van der Waals surface area (Å²) >= 11 is 0. The largest absolute Gasteiger partial charge is 0.312 e. The van der Waals surface area contributed by atoms with E-state index in [-0.39, 0.29) is 11.8 Å². The molecule has 0 spiro atoms. The van der Waals surface area contributed by atoms with Crippen LogP contribution in [-0.2, 0) is 11.2 Å². The van der Waals surface area contributed by atoms with Gasteiger partial charge in [0.15, 0.2) is 0 Å². The fourth-order valence-corrected chi connectivity index (χ4v) is 3.47. The molecule has 21 heavy (non-hydrogen) atoms. The standard InChI is InChI=1S/C15H17N5O/c1-9-7-10(8-9)15(21)20-6-5-11-12(3-2-4-13(11)20)14-16-18-19-17-14/h2-4,9-10H,5-8H2,1H3,(H,16,17,18,19). The van der Waals surface area contributed by atoms with E-state index in [0.29, 0.717) is 11.7 Å². The lowest BCUT2D eigenvalue weighted by Crippen LogP contribution is -2.40. The number of rotatable bonds is 2. The van der Waals surface area contributed by atoms with E-state index >= 15 is 0 Å². The number of aromatic nitrogens is 4. The molecule has 4 rings (SSSR count). The Morgan fingerprint density at radius 3 is 2.95 bits per heavy atom. The van der Waals surface area contributed by atoms with Gasteiger partial charge in [-0.15, -0.1) is 10.2 Å². The van der Waals surface area contributed by atoms with Gasteiger partial charge in [0.1, 0.15) is 0 Å². The molecule has 6 nitrogen and oxygen atoms in total. The highest BCUT2D eigenvalue weighted by molar-refractivity contribution is 5.98. The average Bonchev–Trinajstić information content (AvgIpc) is 3.11. The minimum Gasteiger partial charge on any atom is -0.312 e. The zero-order valence-corrected chi connectivity index (χ0v) is 11.9. The third-order valence-corrected chi connectivity index (χ3v) is 4.60. The molecule has 1 aromatic heterocycles. The van der Waals surface area contributed by atoms with Crippen LogP contribution in [0.1, 0.15) is 25.3 Å². The second-order valence-electron chi connectivity index (χ2n) is 6.05. The number of amides is 1. The zero-order valence-electron chi connectivity index (χ0n) is 11.9. The van der Waals surface area contributed by atoms with Gasteiger partial charge >= 0.3 is 0 Å². The Kier molecular flexibility index (Phi) is 2.77. The summed E-state index contributed by atoms with van der Waals surface area (Å²) in [6.07, 6.45) is 2.90. The lowest BCUT2D eigenvalue weighted by Gasteiger charge is -2.34. The minimum absolute atomic E-state index is 0.208. The van der Waals surface area contributed by atoms with Crippen LogP contribution in [0.25, 0.3) is 11.4 Å². The Labute approximate surface area is 122 Å². The van der Waals surface area contributed by atoms with Crippen LogP contribution in [0.5, 0.6) is 0 Å². The second-order valence-corrected chi connectivity index (χ2v) is 6.05. The number of nitrogens with zero attached hydrogens (tertiary/aromatic N) is 4. The van der Waals surface area contributed by atoms with Gasteiger partial charge in [-0.1, -0.05) is 19.1 Å². The number of anilines is 1. The number of tetrazole rings is 1. The highest BCUT2D eigenvalue weighted by Gasteiger charge is 2.37. The van der Waals surface area contributed by atoms with Gasteiger partial charge in [0, 0.05) is 23.7 Å². The predicted octanol–water partition coefficient (Wildman–Crippen LogP) is 1.80. The van der Waals surface area contributed by atoms with Crippen molar-refractivity contribution in [1.82, 2.24) is 20.6 Å². The Morgan fingerprint density at radius 1 is 1.38 bits per heavy atom. The number of fused-ring (bicyclic) bond motifs is 1. The molecule has 1 amide bonds. The predicted molar refractivity (Wildman–Crippen MR) is 77.6 cm³/mol. The molecular formula is C15H17N5O. The van der Waals surface area contributed by atoms with Gasteiger partial charge in [-0.05, 0) is 42.0 Å². The molecule has 2 aliphatic rings. The molecule has 2 aromatic rings. The molecule has 1 aromatic carbocycles. The topological polar surface area (TPSA) is 74.8 Å². The SMILES string of the molecule is CC1CC(C(=O)N2CCc3c(-c4nn[nH]n4)cccc32)C1. The van der Waals surface area contributed by atoms with E-state index in [1.165, 1.54) is 0 Å². The van der Waals surface area contributed by atoms with E-state index in [0.717, 1.165) is 42.6 Å². The first kappa shape index (κ1) is 12.5. The highest BCUT2D eigenvalue weighted by atomic mass is 16.2. The quantitative estimate of drug-likeness (QED) is 0.912. The van der Waals surface area contributed by atoms with Crippen LogP contribution < -0.4 is 4.90 Å². The van der Waals surface area contributed by atoms with Gasteiger partial charge in [-0.25, -0.2) is 0 Å². The first-order valence-corrected chi connectivity index (χ1v) is 7.41. The third-order valence-electron chi connectivity index (χ3n) is 4.60. The van der Waals surface area contributed by atoms with E-state index in [2.05, 4.69) is 27.5 Å². The molecule has 1 aliphatic carbocycles. The Bertz CT molecular complexity index is 675. The fraction of sp³-hybridized carbons (Fsp3) is 0.467. The molecular weight excluding hydrogens is 266 g/mol. The summed E-state index contributed by atoms with van der Waals surface area (Å²) in [6.45, 7) is 2.96. The van der Waals surface area contributed by atoms with Crippen LogP contribution in [-0.4, -0.2) is 33.1 Å². The smallest absolute Gasteiger partial charge is 0.230 e. The summed E-state index contributed by atoms with van der Waals surface area (Å²) in [4.78, 5) is 14.5. The van der Waals surface area contributed by atoms with Gasteiger partial charge in [0.05, 0.1) is 0 Å². The fourth-order valence-electron chi connectivity index (χ4n) is 3.47. The van der Waals surface area contributed by atoms with Gasteiger partial charge in [0.25, 0.3) is 0 Å². The molecule has 108 valence electrons. The summed E-state index contributed by atoms with van der Waals surface area (Å²) in [5, 5.41) is 14.2. The molecule has 1 N–H and O–H groups in total. The second kappa shape index (κ2) is 4.65. The van der Waals surface area contributed by atoms with Crippen LogP contribution in [0.2, 0.25) is 0 Å². The Morgan fingerprint density at radius 2 is 2.24 bits per heavy atom. The molecule has 0 bridgehead atoms. The third kappa shape index (κ3) is 1.93. The van der Waals surface area contributed by atoms with E-state index in [1.54, 1.807) is 0 Å². The van der Waals surface area contributed by atoms with Gasteiger partial charge in [-0.3, -0.25) is 4.79 Å². The monoisotopic (exact) mass is 283 g/mol. The number of benzene rings is 1. The minimum atomic E-state index is 0.208. The lowest BCUT2D eigenvalue weighted by atomic mass is 9.75. The summed E-state index contributed by atoms with van der Waals surface area (Å²) in [5.74, 6) is 1.77. The Balaban J connectivity index is 1.67. The van der Waals surface area contributed by atoms with Crippen LogP contribution in [0.15, 0.2) is 18.2 Å². The summed E-state index contributed by atoms with van der Waals surface area (Å²) < 4.78 is 0. The number of hydrogen-bond donors (Lipinski definition) is 1. The maximum atomic E-state index is 12.6. The van der Waals surface area contributed by atoms with Gasteiger partial charge in [-0.2, -0.15) is 5.21 Å². The maximum absolute atomic E-state index is 12.6. The van der Waals surface area contributed by atoms with Crippen molar-refractivity contribution >= 4 is 11.6 Å². The molecule has 0 unspecified atom stereocenters. The van der Waals surface area contributed by atoms with Crippen LogP contribution in [0, 0.1) is 11.8 Å². The lowest BCUT2D eigenvalue weighted by molar-refractivity contribution is -0.126. The molecule has 1 saturated carbocycles. The van der Waals surface area contributed by atoms with Crippen molar-refractivity contribution in [2.24, 2.45) is 11.8 Å². The molecule has 1 fully saturated rings. The van der Waals surface area contributed by atoms with Crippen LogP contribution in [0.4, 0.5) is 5.69 Å². The van der Waals surface area contributed by atoms with E-state index < -0.39 is 0 Å². The van der Waals surface area contributed by atoms with E-state index in [9.17, 15) is 4.79 Å². The van der Waals surface area contributed by atoms with Crippen LogP contribution in [0.3, 0.4) is 0 Å². The normalized spacial score (nSPS) is 23.8. The molecule has 0 saturated heterocycles. The molecule has 0 radical (unpaired) electrons. The number of hydrogen-bond acceptors (Lipinski definition) is 4. The van der Waals surface area contributed by atoms with Crippen molar-refractivity contribution in [2.75, 3.05) is 11.4 Å². The van der Waals surface area contributed by atoms with Crippen molar-refractivity contribution in [3.8, 4) is 11.4 Å². The summed E-state index contributed by atoms with van der Waals surface area (Å²) in [6, 6.07) is 5.97. The van der Waals surface area contributed by atoms with Crippen LogP contribution >= 0.6 is 0 Å². The molecule has 1 aliphatic heterocycles. The number of aromatic amines is 1. The zero-order chi connectivity index (χ0) is 14.4. The highest BCUT2D eigenvalue weighted by Crippen LogP contribution is 2.39. The molecule has 0 atom stereocenters. The number of carbonyl (C=O) groups is 1. The van der Waals surface area contributed by atoms with Crippen molar-refractivity contribution in [3.63, 3.8) is 0 Å². The Hall–Kier alpha value is -2.24. The van der Waals surface area contributed by atoms with E-state index in [4.69, 9.17) is 0 Å². The molecule has 2 heterocycles. The average molecular weight is 283 g/mol. The first-order chi connectivity index (χ1) is 10.2. The molecule has 6 heteroatoms. The number of nitrogens with one attached hydrogen (secondary N) is 1. The van der Waals surface area contributed by atoms with Crippen molar-refractivity contribution in [1.29, 1.82) is 0 Å². The van der Waals surface area contributed by atoms with Gasteiger partial charge < -0.3 is 4.90 Å². The van der Waals surface area contributed by atoms with Gasteiger partial charge in [0.2, 0.25) is 11.7 Å². The van der Waals surface area contributed by atoms with Crippen molar-refractivity contribution in [2.45, 2.75) is 26.2 Å². The van der Waals surface area contributed by atoms with Crippen molar-refractivity contribution < 1.29 is 4.79 Å². The summed E-state index contributed by atoms with van der Waals surface area (Å²) in [5.41, 5.74) is 3.14. The number of H-pyrrole nitrogens is 1. The maximum Gasteiger partial charge on any atom is 0.230 e. The van der Waals surface area contributed by atoms with Crippen molar-refractivity contribution in [3.05, 3.63) is 23.8 Å². The first-order valence-electron chi connectivity index (χ1n) is 7.41. The summed E-state index contributed by atoms with van der Waals surface area (Å²) in [7, 11) is 0. The van der Waals surface area contributed by atoms with E-state index in [1.807, 2.05) is 23.1 Å².